The second-order valence-electron chi connectivity index (χ2n) is 6.69. The summed E-state index contributed by atoms with van der Waals surface area (Å²) in [4.78, 5) is 8.66. The molecule has 3 aromatic rings. The maximum absolute atomic E-state index is 5.90. The quantitative estimate of drug-likeness (QED) is 0.405. The van der Waals surface area contributed by atoms with Gasteiger partial charge in [-0.05, 0) is 29.7 Å². The highest BCUT2D eigenvalue weighted by molar-refractivity contribution is 5.79. The first-order chi connectivity index (χ1) is 15.2. The van der Waals surface area contributed by atoms with Crippen molar-refractivity contribution < 1.29 is 14.2 Å². The topological polar surface area (TPSA) is 77.0 Å². The molecule has 31 heavy (non-hydrogen) atoms. The summed E-state index contributed by atoms with van der Waals surface area (Å²) in [7, 11) is 4.93. The van der Waals surface area contributed by atoms with Crippen molar-refractivity contribution in [3.05, 3.63) is 78.0 Å². The molecule has 3 rings (SSSR count). The van der Waals surface area contributed by atoms with E-state index in [4.69, 9.17) is 14.2 Å². The van der Waals surface area contributed by atoms with Crippen molar-refractivity contribution in [3.63, 3.8) is 0 Å². The van der Waals surface area contributed by atoms with E-state index >= 15 is 0 Å². The highest BCUT2D eigenvalue weighted by atomic mass is 16.5. The maximum atomic E-state index is 5.90. The Bertz CT molecular complexity index is 954. The number of rotatable bonds is 9. The van der Waals surface area contributed by atoms with Crippen LogP contribution in [-0.4, -0.2) is 38.8 Å². The summed E-state index contributed by atoms with van der Waals surface area (Å²) < 4.78 is 16.6. The Morgan fingerprint density at radius 1 is 0.871 bits per heavy atom. The van der Waals surface area contributed by atoms with Crippen LogP contribution in [0.3, 0.4) is 0 Å². The first kappa shape index (κ1) is 22.0. The molecule has 0 aliphatic rings. The minimum absolute atomic E-state index is 0.455. The molecule has 0 fully saturated rings. The van der Waals surface area contributed by atoms with Crippen LogP contribution in [0.15, 0.2) is 71.9 Å². The summed E-state index contributed by atoms with van der Waals surface area (Å²) in [6.07, 6.45) is 2.70. The monoisotopic (exact) mass is 420 g/mol. The third-order valence-corrected chi connectivity index (χ3v) is 4.62. The van der Waals surface area contributed by atoms with Gasteiger partial charge in [0.05, 0.1) is 14.2 Å². The van der Waals surface area contributed by atoms with E-state index in [0.717, 1.165) is 24.5 Å². The summed E-state index contributed by atoms with van der Waals surface area (Å²) in [6.45, 7) is 1.39. The second-order valence-corrected chi connectivity index (χ2v) is 6.69. The highest BCUT2D eigenvalue weighted by Gasteiger charge is 2.13. The van der Waals surface area contributed by atoms with Crippen LogP contribution in [-0.2, 0) is 13.0 Å². The molecule has 1 aromatic heterocycles. The fraction of sp³-hybridized carbons (Fsp3) is 0.250. The van der Waals surface area contributed by atoms with E-state index in [0.29, 0.717) is 29.7 Å². The number of hydrogen-bond acceptors (Lipinski definition) is 5. The van der Waals surface area contributed by atoms with Crippen molar-refractivity contribution in [2.75, 3.05) is 27.8 Å². The molecule has 0 spiro atoms. The number of aliphatic imine (C=N–C) groups is 1. The number of methoxy groups -OCH3 is 2. The molecule has 0 aliphatic carbocycles. The van der Waals surface area contributed by atoms with Gasteiger partial charge in [0, 0.05) is 32.4 Å². The SMILES string of the molecule is CN=C(NCCc1ccccc1)NCc1ccc(Oc2c(OC)cccc2OC)nc1. The Hall–Kier alpha value is -3.74. The van der Waals surface area contributed by atoms with Crippen LogP contribution < -0.4 is 24.8 Å². The van der Waals surface area contributed by atoms with Crippen molar-refractivity contribution in [3.8, 4) is 23.1 Å². The number of guanidine groups is 1. The van der Waals surface area contributed by atoms with Crippen molar-refractivity contribution in [2.24, 2.45) is 4.99 Å². The molecule has 0 bridgehead atoms. The summed E-state index contributed by atoms with van der Waals surface area (Å²) in [5, 5.41) is 6.62. The van der Waals surface area contributed by atoms with Crippen LogP contribution in [0.25, 0.3) is 0 Å². The Morgan fingerprint density at radius 2 is 1.61 bits per heavy atom. The average Bonchev–Trinajstić information content (AvgIpc) is 2.83. The van der Waals surface area contributed by atoms with Crippen LogP contribution in [0.2, 0.25) is 0 Å². The van der Waals surface area contributed by atoms with E-state index < -0.39 is 0 Å². The van der Waals surface area contributed by atoms with Gasteiger partial charge in [0.2, 0.25) is 11.6 Å². The smallest absolute Gasteiger partial charge is 0.219 e. The van der Waals surface area contributed by atoms with E-state index in [1.807, 2.05) is 48.5 Å². The Labute approximate surface area is 183 Å². The van der Waals surface area contributed by atoms with Gasteiger partial charge in [0.15, 0.2) is 17.5 Å². The largest absolute Gasteiger partial charge is 0.493 e. The molecule has 0 aliphatic heterocycles. The van der Waals surface area contributed by atoms with Gasteiger partial charge in [-0.1, -0.05) is 42.5 Å². The number of ether oxygens (including phenoxy) is 3. The van der Waals surface area contributed by atoms with Gasteiger partial charge >= 0.3 is 0 Å². The first-order valence-corrected chi connectivity index (χ1v) is 10.1. The summed E-state index contributed by atoms with van der Waals surface area (Å²) in [5.41, 5.74) is 2.29. The third kappa shape index (κ3) is 6.37. The Balaban J connectivity index is 1.52. The van der Waals surface area contributed by atoms with E-state index in [9.17, 15) is 0 Å². The number of para-hydroxylation sites is 1. The van der Waals surface area contributed by atoms with Crippen molar-refractivity contribution >= 4 is 5.96 Å². The molecule has 1 heterocycles. The lowest BCUT2D eigenvalue weighted by Crippen LogP contribution is -2.37. The zero-order chi connectivity index (χ0) is 21.9. The Kier molecular flexibility index (Phi) is 8.11. The molecular formula is C24H28N4O3. The molecule has 0 amide bonds. The number of pyridine rings is 1. The number of hydrogen-bond donors (Lipinski definition) is 2. The highest BCUT2D eigenvalue weighted by Crippen LogP contribution is 2.39. The number of benzene rings is 2. The fourth-order valence-electron chi connectivity index (χ4n) is 2.97. The predicted octanol–water partition coefficient (Wildman–Crippen LogP) is 3.80. The van der Waals surface area contributed by atoms with Gasteiger partial charge < -0.3 is 24.8 Å². The van der Waals surface area contributed by atoms with Gasteiger partial charge in [0.1, 0.15) is 0 Å². The van der Waals surface area contributed by atoms with Crippen LogP contribution in [0, 0.1) is 0 Å². The molecule has 7 heteroatoms. The summed E-state index contributed by atoms with van der Waals surface area (Å²) in [5.74, 6) is 2.86. The van der Waals surface area contributed by atoms with E-state index in [1.54, 1.807) is 27.5 Å². The maximum Gasteiger partial charge on any atom is 0.219 e. The van der Waals surface area contributed by atoms with Gasteiger partial charge in [-0.2, -0.15) is 0 Å². The number of nitrogens with one attached hydrogen (secondary N) is 2. The van der Waals surface area contributed by atoms with Gasteiger partial charge in [-0.3, -0.25) is 4.99 Å². The average molecular weight is 421 g/mol. The van der Waals surface area contributed by atoms with Crippen LogP contribution in [0.4, 0.5) is 0 Å². The molecule has 2 aromatic carbocycles. The lowest BCUT2D eigenvalue weighted by molar-refractivity contribution is 0.342. The molecular weight excluding hydrogens is 392 g/mol. The molecule has 162 valence electrons. The normalized spacial score (nSPS) is 11.0. The van der Waals surface area contributed by atoms with Crippen molar-refractivity contribution in [1.29, 1.82) is 0 Å². The zero-order valence-corrected chi connectivity index (χ0v) is 18.1. The molecule has 0 unspecified atom stereocenters. The standard InChI is InChI=1S/C24H28N4O3/c1-25-24(26-15-14-18-8-5-4-6-9-18)28-17-19-12-13-22(27-16-19)31-23-20(29-2)10-7-11-21(23)30-3/h4-13,16H,14-15,17H2,1-3H3,(H2,25,26,28). The third-order valence-electron chi connectivity index (χ3n) is 4.62. The molecule has 0 atom stereocenters. The number of nitrogens with zero attached hydrogens (tertiary/aromatic N) is 2. The van der Waals surface area contributed by atoms with Crippen LogP contribution in [0.1, 0.15) is 11.1 Å². The second kappa shape index (κ2) is 11.4. The van der Waals surface area contributed by atoms with Gasteiger partial charge in [-0.25, -0.2) is 4.98 Å². The van der Waals surface area contributed by atoms with Crippen LogP contribution >= 0.6 is 0 Å². The predicted molar refractivity (Wildman–Crippen MR) is 122 cm³/mol. The minimum Gasteiger partial charge on any atom is -0.493 e. The van der Waals surface area contributed by atoms with E-state index in [-0.39, 0.29) is 0 Å². The van der Waals surface area contributed by atoms with E-state index in [1.165, 1.54) is 5.56 Å². The zero-order valence-electron chi connectivity index (χ0n) is 18.1. The van der Waals surface area contributed by atoms with Gasteiger partial charge in [0.25, 0.3) is 0 Å². The molecule has 0 saturated heterocycles. The van der Waals surface area contributed by atoms with Crippen molar-refractivity contribution in [2.45, 2.75) is 13.0 Å². The molecule has 0 saturated carbocycles. The van der Waals surface area contributed by atoms with Crippen LogP contribution in [0.5, 0.6) is 23.1 Å². The fourth-order valence-corrected chi connectivity index (χ4v) is 2.97. The van der Waals surface area contributed by atoms with Gasteiger partial charge in [-0.15, -0.1) is 0 Å². The molecule has 2 N–H and O–H groups in total. The Morgan fingerprint density at radius 3 is 2.23 bits per heavy atom. The summed E-state index contributed by atoms with van der Waals surface area (Å²) >= 11 is 0. The first-order valence-electron chi connectivity index (χ1n) is 10.1. The number of aromatic nitrogens is 1. The van der Waals surface area contributed by atoms with E-state index in [2.05, 4.69) is 32.7 Å². The summed E-state index contributed by atoms with van der Waals surface area (Å²) in [6, 6.07) is 19.6. The molecule has 0 radical (unpaired) electrons. The van der Waals surface area contributed by atoms with Crippen molar-refractivity contribution in [1.82, 2.24) is 15.6 Å². The molecule has 7 nitrogen and oxygen atoms in total. The minimum atomic E-state index is 0.455. The lowest BCUT2D eigenvalue weighted by Gasteiger charge is -2.14. The lowest BCUT2D eigenvalue weighted by atomic mass is 10.1.